The van der Waals surface area contributed by atoms with E-state index in [2.05, 4.69) is 125 Å². The third-order valence-electron chi connectivity index (χ3n) is 12.0. The second-order valence-electron chi connectivity index (χ2n) is 23.1. The molecule has 0 atom stereocenters. The minimum atomic E-state index is -3.59. The predicted molar refractivity (Wildman–Crippen MR) is 269 cm³/mol. The van der Waals surface area contributed by atoms with E-state index >= 15 is 0 Å². The number of hydrogen-bond acceptors (Lipinski definition) is 10. The first-order valence-electron chi connectivity index (χ1n) is 23.8. The average molecular weight is 990 g/mol. The van der Waals surface area contributed by atoms with Crippen molar-refractivity contribution in [1.29, 1.82) is 0 Å². The van der Waals surface area contributed by atoms with Gasteiger partial charge in [-0.25, -0.2) is 0 Å². The summed E-state index contributed by atoms with van der Waals surface area (Å²) in [4.78, 5) is 0. The number of halogens is 4. The van der Waals surface area contributed by atoms with Crippen LogP contribution in [-0.4, -0.2) is 32.8 Å². The van der Waals surface area contributed by atoms with Crippen LogP contribution in [0.15, 0.2) is 78.9 Å². The number of anilines is 1. The molecule has 10 rings (SSSR count). The number of benzene rings is 5. The van der Waals surface area contributed by atoms with Gasteiger partial charge < -0.3 is 48.4 Å². The Morgan fingerprint density at radius 1 is 0.408 bits per heavy atom. The van der Waals surface area contributed by atoms with Gasteiger partial charge in [-0.2, -0.15) is 0 Å². The van der Waals surface area contributed by atoms with Crippen molar-refractivity contribution < 1.29 is 60.2 Å². The van der Waals surface area contributed by atoms with Gasteiger partial charge in [0, 0.05) is 18.2 Å². The maximum atomic E-state index is 12.8. The van der Waals surface area contributed by atoms with Crippen molar-refractivity contribution in [1.82, 2.24) is 0 Å². The number of fused-ring (bicyclic) bond motifs is 5. The van der Waals surface area contributed by atoms with Gasteiger partial charge in [-0.05, 0) is 115 Å². The van der Waals surface area contributed by atoms with E-state index < -0.39 is 12.6 Å². The Balaban J connectivity index is 0.000000146. The lowest BCUT2D eigenvalue weighted by Crippen LogP contribution is -2.26. The van der Waals surface area contributed by atoms with E-state index in [1.54, 1.807) is 12.1 Å². The molecule has 0 amide bonds. The van der Waals surface area contributed by atoms with Crippen LogP contribution < -0.4 is 48.4 Å². The molecule has 0 spiro atoms. The average Bonchev–Trinajstić information content (AvgIpc) is 4.08. The van der Waals surface area contributed by atoms with Gasteiger partial charge >= 0.3 is 12.6 Å². The molecule has 0 aliphatic carbocycles. The fourth-order valence-electron chi connectivity index (χ4n) is 8.02. The molecule has 0 fully saturated rings. The Kier molecular flexibility index (Phi) is 15.1. The van der Waals surface area contributed by atoms with Crippen LogP contribution in [0.2, 0.25) is 0 Å². The van der Waals surface area contributed by atoms with E-state index in [-0.39, 0.29) is 50.1 Å². The van der Waals surface area contributed by atoms with Crippen molar-refractivity contribution in [3.8, 4) is 51.7 Å². The second-order valence-corrected chi connectivity index (χ2v) is 23.1. The monoisotopic (exact) mass is 990 g/mol. The summed E-state index contributed by atoms with van der Waals surface area (Å²) in [5, 5.41) is 0. The number of rotatable bonds is 0. The van der Waals surface area contributed by atoms with E-state index in [0.717, 1.165) is 52.9 Å². The molecule has 14 heteroatoms. The van der Waals surface area contributed by atoms with Crippen molar-refractivity contribution in [2.45, 2.75) is 157 Å². The predicted octanol–water partition coefficient (Wildman–Crippen LogP) is 14.8. The van der Waals surface area contributed by atoms with Crippen molar-refractivity contribution in [3.63, 3.8) is 0 Å². The molecule has 0 saturated heterocycles. The zero-order valence-corrected chi connectivity index (χ0v) is 44.1. The fourth-order valence-corrected chi connectivity index (χ4v) is 8.02. The van der Waals surface area contributed by atoms with Crippen molar-refractivity contribution in [2.75, 3.05) is 25.9 Å². The van der Waals surface area contributed by atoms with Crippen LogP contribution in [0.3, 0.4) is 0 Å². The lowest BCUT2D eigenvalue weighted by Gasteiger charge is -2.22. The largest absolute Gasteiger partial charge is 0.586 e. The Morgan fingerprint density at radius 3 is 1.38 bits per heavy atom. The summed E-state index contributed by atoms with van der Waals surface area (Å²) in [5.41, 5.74) is 14.7. The highest BCUT2D eigenvalue weighted by molar-refractivity contribution is 5.61. The minimum absolute atomic E-state index is 0.0181. The van der Waals surface area contributed by atoms with Gasteiger partial charge in [-0.15, -0.1) is 17.6 Å². The Labute approximate surface area is 417 Å². The summed E-state index contributed by atoms with van der Waals surface area (Å²) < 4.78 is 95.2. The lowest BCUT2D eigenvalue weighted by atomic mass is 9.84. The molecule has 0 unspecified atom stereocenters. The van der Waals surface area contributed by atoms with Gasteiger partial charge in [0.05, 0.1) is 6.61 Å². The fraction of sp³-hybridized carbons (Fsp3) is 0.474. The van der Waals surface area contributed by atoms with Crippen molar-refractivity contribution in [2.24, 2.45) is 0 Å². The molecule has 0 aromatic heterocycles. The number of ether oxygens (including phenoxy) is 9. The van der Waals surface area contributed by atoms with Crippen molar-refractivity contribution >= 4 is 5.69 Å². The van der Waals surface area contributed by atoms with Gasteiger partial charge in [0.1, 0.15) is 5.75 Å². The van der Waals surface area contributed by atoms with Crippen LogP contribution in [0.25, 0.3) is 0 Å². The molecule has 2 N–H and O–H groups in total. The van der Waals surface area contributed by atoms with E-state index in [1.165, 1.54) is 46.0 Å². The Bertz CT molecular complexity index is 2630. The minimum Gasteiger partial charge on any atom is -0.493 e. The normalized spacial score (nSPS) is 16.1. The molecule has 5 heterocycles. The van der Waals surface area contributed by atoms with Gasteiger partial charge in [0.25, 0.3) is 0 Å². The van der Waals surface area contributed by atoms with Crippen LogP contribution in [-0.2, 0) is 33.5 Å². The summed E-state index contributed by atoms with van der Waals surface area (Å²) >= 11 is 0. The molecule has 5 aromatic carbocycles. The van der Waals surface area contributed by atoms with Gasteiger partial charge in [-0.1, -0.05) is 134 Å². The number of nitrogens with two attached hydrogens (primary N) is 1. The third kappa shape index (κ3) is 13.6. The standard InChI is InChI=1S/C12H16O2.C12H16O.C11H13F2NO2.C11H12F2O2.C11H14O2/c1-8-9(12(2,3)4)5-6-10-11(8)14-7-13-10;1-12(2,3)10-4-5-11-9(8-10)6-7-13-11;1-10(2,3)6-4-8-9(5-7(6)14)16-11(12,13)15-8;1-10(2,3)7-4-5-8-9(6-7)15-11(12,13)14-8;1-11(2,3)8-4-5-9-10(6-8)13-7-12-9/h5-6H,7H2,1-4H3;4-5,8H,6-7H2,1-3H3;4-5H,14H2,1-3H3;4-6H,1-3H3;4-6H,7H2,1-3H3. The molecule has 0 saturated carbocycles. The summed E-state index contributed by atoms with van der Waals surface area (Å²) in [7, 11) is 0. The second kappa shape index (κ2) is 19.8. The first kappa shape index (κ1) is 54.2. The molecule has 71 heavy (non-hydrogen) atoms. The maximum absolute atomic E-state index is 12.8. The van der Waals surface area contributed by atoms with Gasteiger partial charge in [0.2, 0.25) is 13.6 Å². The molecular formula is C57H71F4NO9. The summed E-state index contributed by atoms with van der Waals surface area (Å²) in [6.07, 6.45) is -6.05. The molecule has 0 radical (unpaired) electrons. The SMILES string of the molecule is CC(C)(C)c1cc2c(cc1N)OC(F)(F)O2.CC(C)(C)c1ccc2c(c1)CCO2.CC(C)(C)c1ccc2c(c1)OC(F)(F)O2.CC(C)(C)c1ccc2c(c1)OCO2.Cc1c(C(C)(C)C)ccc2c1OCO2. The van der Waals surface area contributed by atoms with Crippen LogP contribution in [0.5, 0.6) is 51.7 Å². The smallest absolute Gasteiger partial charge is 0.493 e. The molecular weight excluding hydrogens is 919 g/mol. The van der Waals surface area contributed by atoms with Gasteiger partial charge in [0.15, 0.2) is 46.0 Å². The van der Waals surface area contributed by atoms with Crippen LogP contribution in [0.1, 0.15) is 143 Å². The molecule has 5 aromatic rings. The Morgan fingerprint density at radius 2 is 0.831 bits per heavy atom. The highest BCUT2D eigenvalue weighted by Gasteiger charge is 2.45. The molecule has 386 valence electrons. The first-order chi connectivity index (χ1) is 32.6. The van der Waals surface area contributed by atoms with Crippen LogP contribution in [0, 0.1) is 6.92 Å². The van der Waals surface area contributed by atoms with E-state index in [4.69, 9.17) is 29.4 Å². The van der Waals surface area contributed by atoms with E-state index in [1.807, 2.05) is 53.7 Å². The van der Waals surface area contributed by atoms with Crippen molar-refractivity contribution in [3.05, 3.63) is 118 Å². The highest BCUT2D eigenvalue weighted by atomic mass is 19.3. The Hall–Kier alpha value is -6.18. The third-order valence-corrected chi connectivity index (χ3v) is 12.0. The summed E-state index contributed by atoms with van der Waals surface area (Å²) in [6, 6.07) is 24.5. The van der Waals surface area contributed by atoms with E-state index in [9.17, 15) is 17.6 Å². The van der Waals surface area contributed by atoms with Crippen LogP contribution in [0.4, 0.5) is 23.2 Å². The van der Waals surface area contributed by atoms with Gasteiger partial charge in [-0.3, -0.25) is 0 Å². The number of hydrogen-bond donors (Lipinski definition) is 1. The zero-order valence-electron chi connectivity index (χ0n) is 44.1. The number of alkyl halides is 4. The van der Waals surface area contributed by atoms with Crippen LogP contribution >= 0.6 is 0 Å². The molecule has 0 bridgehead atoms. The zero-order chi connectivity index (χ0) is 52.7. The quantitative estimate of drug-likeness (QED) is 0.119. The molecule has 5 aliphatic heterocycles. The summed E-state index contributed by atoms with van der Waals surface area (Å²) in [5.74, 6) is 4.79. The lowest BCUT2D eigenvalue weighted by molar-refractivity contribution is -0.287. The topological polar surface area (TPSA) is 109 Å². The highest BCUT2D eigenvalue weighted by Crippen LogP contribution is 2.46. The molecule has 5 aliphatic rings. The first-order valence-corrected chi connectivity index (χ1v) is 23.8. The summed E-state index contributed by atoms with van der Waals surface area (Å²) in [6.45, 7) is 35.4. The van der Waals surface area contributed by atoms with E-state index in [0.29, 0.717) is 19.3 Å². The molecule has 10 nitrogen and oxygen atoms in total. The maximum Gasteiger partial charge on any atom is 0.586 e. The number of nitrogen functional groups attached to an aromatic ring is 1.